The molecule has 1 aromatic carbocycles. The average molecular weight is 165 g/mol. The zero-order valence-corrected chi connectivity index (χ0v) is 7.54. The molecule has 66 valence electrons. The summed E-state index contributed by atoms with van der Waals surface area (Å²) in [4.78, 5) is 0. The SMILES string of the molecule is Cc1ccc([C@@](C)(O)CN)cc1. The highest BCUT2D eigenvalue weighted by atomic mass is 16.3. The molecule has 0 unspecified atom stereocenters. The van der Waals surface area contributed by atoms with Crippen LogP contribution in [0.25, 0.3) is 0 Å². The second-order valence-electron chi connectivity index (χ2n) is 3.34. The fraction of sp³-hybridized carbons (Fsp3) is 0.400. The van der Waals surface area contributed by atoms with E-state index in [1.54, 1.807) is 6.92 Å². The van der Waals surface area contributed by atoms with Gasteiger partial charge in [0.05, 0.1) is 5.60 Å². The van der Waals surface area contributed by atoms with E-state index in [0.717, 1.165) is 5.56 Å². The van der Waals surface area contributed by atoms with Crippen LogP contribution in [0.15, 0.2) is 24.3 Å². The van der Waals surface area contributed by atoms with E-state index in [1.807, 2.05) is 31.2 Å². The van der Waals surface area contributed by atoms with E-state index in [9.17, 15) is 5.11 Å². The Labute approximate surface area is 73.0 Å². The summed E-state index contributed by atoms with van der Waals surface area (Å²) >= 11 is 0. The van der Waals surface area contributed by atoms with Crippen molar-refractivity contribution in [2.24, 2.45) is 5.73 Å². The number of aliphatic hydroxyl groups is 1. The fourth-order valence-electron chi connectivity index (χ4n) is 1.03. The molecule has 0 aromatic heterocycles. The quantitative estimate of drug-likeness (QED) is 0.690. The van der Waals surface area contributed by atoms with E-state index in [1.165, 1.54) is 5.56 Å². The molecule has 0 aliphatic rings. The van der Waals surface area contributed by atoms with Crippen LogP contribution in [-0.2, 0) is 5.60 Å². The van der Waals surface area contributed by atoms with Gasteiger partial charge in [-0.15, -0.1) is 0 Å². The van der Waals surface area contributed by atoms with Crippen molar-refractivity contribution in [3.8, 4) is 0 Å². The fourth-order valence-corrected chi connectivity index (χ4v) is 1.03. The molecule has 0 fully saturated rings. The Hall–Kier alpha value is -0.860. The Bertz CT molecular complexity index is 251. The molecular formula is C10H15NO. The van der Waals surface area contributed by atoms with Gasteiger partial charge in [0, 0.05) is 6.54 Å². The van der Waals surface area contributed by atoms with Crippen LogP contribution < -0.4 is 5.73 Å². The Morgan fingerprint density at radius 1 is 1.33 bits per heavy atom. The van der Waals surface area contributed by atoms with Gasteiger partial charge in [-0.3, -0.25) is 0 Å². The molecule has 0 heterocycles. The molecule has 1 atom stereocenters. The van der Waals surface area contributed by atoms with Crippen molar-refractivity contribution in [1.29, 1.82) is 0 Å². The van der Waals surface area contributed by atoms with Gasteiger partial charge in [-0.05, 0) is 19.4 Å². The van der Waals surface area contributed by atoms with Crippen molar-refractivity contribution in [1.82, 2.24) is 0 Å². The summed E-state index contributed by atoms with van der Waals surface area (Å²) in [7, 11) is 0. The first kappa shape index (κ1) is 9.23. The first-order valence-corrected chi connectivity index (χ1v) is 4.06. The van der Waals surface area contributed by atoms with Gasteiger partial charge in [-0.2, -0.15) is 0 Å². The Balaban J connectivity index is 2.96. The molecule has 1 aromatic rings. The lowest BCUT2D eigenvalue weighted by molar-refractivity contribution is 0.0668. The average Bonchev–Trinajstić information content (AvgIpc) is 2.05. The summed E-state index contributed by atoms with van der Waals surface area (Å²) in [5, 5.41) is 9.76. The van der Waals surface area contributed by atoms with Gasteiger partial charge < -0.3 is 10.8 Å². The van der Waals surface area contributed by atoms with Crippen molar-refractivity contribution in [2.45, 2.75) is 19.4 Å². The van der Waals surface area contributed by atoms with Gasteiger partial charge in [-0.1, -0.05) is 29.8 Å². The zero-order chi connectivity index (χ0) is 9.19. The topological polar surface area (TPSA) is 46.2 Å². The zero-order valence-electron chi connectivity index (χ0n) is 7.54. The highest BCUT2D eigenvalue weighted by Crippen LogP contribution is 2.18. The van der Waals surface area contributed by atoms with Crippen LogP contribution in [0.4, 0.5) is 0 Å². The smallest absolute Gasteiger partial charge is 0.0990 e. The number of hydrogen-bond acceptors (Lipinski definition) is 2. The standard InChI is InChI=1S/C10H15NO/c1-8-3-5-9(6-4-8)10(2,12)7-11/h3-6,12H,7,11H2,1-2H3/t10-/m0/s1. The second-order valence-corrected chi connectivity index (χ2v) is 3.34. The van der Waals surface area contributed by atoms with Crippen LogP contribution >= 0.6 is 0 Å². The first-order valence-electron chi connectivity index (χ1n) is 4.06. The Morgan fingerprint density at radius 2 is 1.83 bits per heavy atom. The van der Waals surface area contributed by atoms with Crippen molar-refractivity contribution >= 4 is 0 Å². The number of hydrogen-bond donors (Lipinski definition) is 2. The van der Waals surface area contributed by atoms with E-state index in [4.69, 9.17) is 5.73 Å². The van der Waals surface area contributed by atoms with Crippen LogP contribution in [0, 0.1) is 6.92 Å². The summed E-state index contributed by atoms with van der Waals surface area (Å²) in [6.45, 7) is 3.98. The summed E-state index contributed by atoms with van der Waals surface area (Å²) in [5.41, 5.74) is 6.59. The molecule has 1 rings (SSSR count). The minimum Gasteiger partial charge on any atom is -0.384 e. The Morgan fingerprint density at radius 3 is 2.25 bits per heavy atom. The minimum absolute atomic E-state index is 0.246. The van der Waals surface area contributed by atoms with Gasteiger partial charge in [0.25, 0.3) is 0 Å². The lowest BCUT2D eigenvalue weighted by Crippen LogP contribution is -2.31. The number of nitrogens with two attached hydrogens (primary N) is 1. The molecule has 3 N–H and O–H groups in total. The van der Waals surface area contributed by atoms with Gasteiger partial charge in [0.2, 0.25) is 0 Å². The summed E-state index contributed by atoms with van der Waals surface area (Å²) in [5.74, 6) is 0. The lowest BCUT2D eigenvalue weighted by Gasteiger charge is -2.21. The van der Waals surface area contributed by atoms with Gasteiger partial charge >= 0.3 is 0 Å². The molecule has 0 bridgehead atoms. The monoisotopic (exact) mass is 165 g/mol. The summed E-state index contributed by atoms with van der Waals surface area (Å²) in [6, 6.07) is 7.75. The summed E-state index contributed by atoms with van der Waals surface area (Å²) < 4.78 is 0. The molecule has 0 amide bonds. The third-order valence-corrected chi connectivity index (χ3v) is 2.07. The largest absolute Gasteiger partial charge is 0.384 e. The molecular weight excluding hydrogens is 150 g/mol. The van der Waals surface area contributed by atoms with E-state index >= 15 is 0 Å². The number of benzene rings is 1. The summed E-state index contributed by atoms with van der Waals surface area (Å²) in [6.07, 6.45) is 0. The highest BCUT2D eigenvalue weighted by Gasteiger charge is 2.19. The lowest BCUT2D eigenvalue weighted by atomic mass is 9.96. The normalized spacial score (nSPS) is 15.7. The molecule has 0 aliphatic carbocycles. The molecule has 0 aliphatic heterocycles. The van der Waals surface area contributed by atoms with Crippen molar-refractivity contribution < 1.29 is 5.11 Å². The van der Waals surface area contributed by atoms with Crippen LogP contribution in [0.3, 0.4) is 0 Å². The predicted octanol–water partition coefficient (Wildman–Crippen LogP) is 1.16. The van der Waals surface area contributed by atoms with Crippen LogP contribution in [0.1, 0.15) is 18.1 Å². The number of rotatable bonds is 2. The predicted molar refractivity (Wildman–Crippen MR) is 49.8 cm³/mol. The van der Waals surface area contributed by atoms with Crippen molar-refractivity contribution in [3.63, 3.8) is 0 Å². The van der Waals surface area contributed by atoms with Crippen LogP contribution in [0.5, 0.6) is 0 Å². The molecule has 0 saturated carbocycles. The molecule has 0 radical (unpaired) electrons. The maximum Gasteiger partial charge on any atom is 0.0990 e. The van der Waals surface area contributed by atoms with E-state index in [0.29, 0.717) is 0 Å². The number of aryl methyl sites for hydroxylation is 1. The van der Waals surface area contributed by atoms with E-state index < -0.39 is 5.60 Å². The molecule has 0 saturated heterocycles. The van der Waals surface area contributed by atoms with Gasteiger partial charge in [0.15, 0.2) is 0 Å². The van der Waals surface area contributed by atoms with Gasteiger partial charge in [0.1, 0.15) is 0 Å². The highest BCUT2D eigenvalue weighted by molar-refractivity contribution is 5.26. The van der Waals surface area contributed by atoms with Crippen LogP contribution in [0.2, 0.25) is 0 Å². The molecule has 2 nitrogen and oxygen atoms in total. The van der Waals surface area contributed by atoms with E-state index in [2.05, 4.69) is 0 Å². The second kappa shape index (κ2) is 3.25. The van der Waals surface area contributed by atoms with Crippen LogP contribution in [-0.4, -0.2) is 11.7 Å². The van der Waals surface area contributed by atoms with E-state index in [-0.39, 0.29) is 6.54 Å². The maximum absolute atomic E-state index is 9.76. The molecule has 12 heavy (non-hydrogen) atoms. The van der Waals surface area contributed by atoms with Gasteiger partial charge in [-0.25, -0.2) is 0 Å². The van der Waals surface area contributed by atoms with Crippen molar-refractivity contribution in [3.05, 3.63) is 35.4 Å². The minimum atomic E-state index is -0.895. The maximum atomic E-state index is 9.76. The van der Waals surface area contributed by atoms with Crippen molar-refractivity contribution in [2.75, 3.05) is 6.54 Å². The molecule has 2 heteroatoms. The molecule has 0 spiro atoms. The third kappa shape index (κ3) is 1.84. The first-order chi connectivity index (χ1) is 5.56. The Kier molecular flexibility index (Phi) is 2.50. The third-order valence-electron chi connectivity index (χ3n) is 2.07.